The average Bonchev–Trinajstić information content (AvgIpc) is 2.35. The Morgan fingerprint density at radius 3 is 2.67 bits per heavy atom. The third kappa shape index (κ3) is 4.81. The van der Waals surface area contributed by atoms with E-state index < -0.39 is 5.82 Å². The maximum atomic E-state index is 13.0. The molecule has 0 fully saturated rings. The smallest absolute Gasteiger partial charge is 0.123 e. The predicted molar refractivity (Wildman–Crippen MR) is 68.2 cm³/mol. The Morgan fingerprint density at radius 2 is 2.00 bits per heavy atom. The van der Waals surface area contributed by atoms with E-state index in [9.17, 15) is 4.39 Å². The zero-order chi connectivity index (χ0) is 13.4. The number of rotatable bonds is 8. The monoisotopic (exact) mass is 254 g/mol. The highest BCUT2D eigenvalue weighted by atomic mass is 19.1. The molecule has 1 rings (SSSR count). The van der Waals surface area contributed by atoms with Gasteiger partial charge in [-0.1, -0.05) is 13.0 Å². The van der Waals surface area contributed by atoms with Gasteiger partial charge in [0.05, 0.1) is 19.8 Å². The fraction of sp³-hybridized carbons (Fsp3) is 0.462. The lowest BCUT2D eigenvalue weighted by Crippen LogP contribution is -2.15. The number of hydrogen-bond donors (Lipinski definition) is 2. The van der Waals surface area contributed by atoms with Crippen molar-refractivity contribution >= 4 is 5.84 Å². The summed E-state index contributed by atoms with van der Waals surface area (Å²) in [6.45, 7) is 4.06. The van der Waals surface area contributed by atoms with E-state index >= 15 is 0 Å². The number of ether oxygens (including phenoxy) is 2. The van der Waals surface area contributed by atoms with E-state index in [-0.39, 0.29) is 5.84 Å². The predicted octanol–water partition coefficient (Wildman–Crippen LogP) is 2.05. The molecule has 1 aromatic carbocycles. The van der Waals surface area contributed by atoms with E-state index in [1.165, 1.54) is 12.1 Å². The molecule has 0 unspecified atom stereocenters. The van der Waals surface area contributed by atoms with E-state index in [1.54, 1.807) is 6.07 Å². The van der Waals surface area contributed by atoms with Crippen molar-refractivity contribution in [2.75, 3.05) is 19.8 Å². The fourth-order valence-electron chi connectivity index (χ4n) is 1.47. The lowest BCUT2D eigenvalue weighted by atomic mass is 10.1. The van der Waals surface area contributed by atoms with Crippen LogP contribution >= 0.6 is 0 Å². The standard InChI is InChI=1S/C13H19FN2O2/c1-2-5-17-6-7-18-9-10-3-4-11(14)8-12(10)13(15)16/h3-4,8H,2,5-7,9H2,1H3,(H3,15,16). The van der Waals surface area contributed by atoms with Gasteiger partial charge in [0.15, 0.2) is 0 Å². The van der Waals surface area contributed by atoms with E-state index in [0.717, 1.165) is 13.0 Å². The first-order valence-electron chi connectivity index (χ1n) is 5.93. The highest BCUT2D eigenvalue weighted by molar-refractivity contribution is 5.96. The summed E-state index contributed by atoms with van der Waals surface area (Å²) < 4.78 is 23.7. The number of nitrogen functional groups attached to an aromatic ring is 1. The summed E-state index contributed by atoms with van der Waals surface area (Å²) >= 11 is 0. The summed E-state index contributed by atoms with van der Waals surface area (Å²) in [6.07, 6.45) is 0.979. The van der Waals surface area contributed by atoms with Crippen molar-refractivity contribution in [3.8, 4) is 0 Å². The topological polar surface area (TPSA) is 68.3 Å². The van der Waals surface area contributed by atoms with Crippen LogP contribution in [0.4, 0.5) is 4.39 Å². The Bertz CT molecular complexity index is 397. The largest absolute Gasteiger partial charge is 0.384 e. The number of hydrogen-bond acceptors (Lipinski definition) is 3. The van der Waals surface area contributed by atoms with Crippen LogP contribution in [-0.2, 0) is 16.1 Å². The summed E-state index contributed by atoms with van der Waals surface area (Å²) in [4.78, 5) is 0. The Hall–Kier alpha value is -1.46. The van der Waals surface area contributed by atoms with Crippen LogP contribution in [0.5, 0.6) is 0 Å². The van der Waals surface area contributed by atoms with Gasteiger partial charge in [-0.2, -0.15) is 0 Å². The highest BCUT2D eigenvalue weighted by Crippen LogP contribution is 2.12. The van der Waals surface area contributed by atoms with Crippen molar-refractivity contribution in [1.82, 2.24) is 0 Å². The first-order chi connectivity index (χ1) is 8.65. The van der Waals surface area contributed by atoms with E-state index in [2.05, 4.69) is 0 Å². The molecule has 100 valence electrons. The maximum absolute atomic E-state index is 13.0. The number of halogens is 1. The molecule has 0 heterocycles. The van der Waals surface area contributed by atoms with E-state index in [1.807, 2.05) is 6.92 Å². The van der Waals surface area contributed by atoms with Crippen LogP contribution in [0.1, 0.15) is 24.5 Å². The van der Waals surface area contributed by atoms with E-state index in [4.69, 9.17) is 20.6 Å². The number of benzene rings is 1. The molecule has 0 saturated carbocycles. The molecule has 0 aliphatic rings. The highest BCUT2D eigenvalue weighted by Gasteiger charge is 2.07. The number of nitrogens with two attached hydrogens (primary N) is 1. The van der Waals surface area contributed by atoms with Gasteiger partial charge in [-0.3, -0.25) is 5.41 Å². The summed E-state index contributed by atoms with van der Waals surface area (Å²) in [5, 5.41) is 7.38. The van der Waals surface area contributed by atoms with Crippen molar-refractivity contribution in [2.45, 2.75) is 20.0 Å². The normalized spacial score (nSPS) is 10.6. The first-order valence-corrected chi connectivity index (χ1v) is 5.93. The minimum atomic E-state index is -0.407. The van der Waals surface area contributed by atoms with Gasteiger partial charge in [0.25, 0.3) is 0 Å². The molecule has 18 heavy (non-hydrogen) atoms. The lowest BCUT2D eigenvalue weighted by molar-refractivity contribution is 0.0408. The molecule has 0 amide bonds. The molecule has 0 aromatic heterocycles. The van der Waals surface area contributed by atoms with Crippen LogP contribution in [0.3, 0.4) is 0 Å². The second-order valence-corrected chi connectivity index (χ2v) is 3.88. The van der Waals surface area contributed by atoms with Crippen molar-refractivity contribution < 1.29 is 13.9 Å². The molecule has 0 bridgehead atoms. The molecule has 0 atom stereocenters. The Labute approximate surface area is 106 Å². The van der Waals surface area contributed by atoms with Crippen molar-refractivity contribution in [2.24, 2.45) is 5.73 Å². The third-order valence-corrected chi connectivity index (χ3v) is 2.34. The number of nitrogens with one attached hydrogen (secondary N) is 1. The number of amidine groups is 1. The second-order valence-electron chi connectivity index (χ2n) is 3.88. The van der Waals surface area contributed by atoms with Crippen LogP contribution in [0.2, 0.25) is 0 Å². The lowest BCUT2D eigenvalue weighted by Gasteiger charge is -2.09. The van der Waals surface area contributed by atoms with Crippen LogP contribution in [0.15, 0.2) is 18.2 Å². The quantitative estimate of drug-likeness (QED) is 0.424. The Balaban J connectivity index is 2.44. The zero-order valence-corrected chi connectivity index (χ0v) is 10.5. The van der Waals surface area contributed by atoms with E-state index in [0.29, 0.717) is 30.9 Å². The van der Waals surface area contributed by atoms with Gasteiger partial charge in [0.2, 0.25) is 0 Å². The summed E-state index contributed by atoms with van der Waals surface area (Å²) in [5.41, 5.74) is 6.48. The molecule has 3 N–H and O–H groups in total. The molecule has 4 nitrogen and oxygen atoms in total. The van der Waals surface area contributed by atoms with Gasteiger partial charge in [0.1, 0.15) is 11.7 Å². The molecule has 5 heteroatoms. The molecular formula is C13H19FN2O2. The molecule has 0 aliphatic carbocycles. The fourth-order valence-corrected chi connectivity index (χ4v) is 1.47. The molecule has 1 aromatic rings. The molecule has 0 spiro atoms. The third-order valence-electron chi connectivity index (χ3n) is 2.34. The summed E-state index contributed by atoms with van der Waals surface area (Å²) in [6, 6.07) is 4.16. The van der Waals surface area contributed by atoms with Gasteiger partial charge < -0.3 is 15.2 Å². The van der Waals surface area contributed by atoms with Crippen molar-refractivity contribution in [3.63, 3.8) is 0 Å². The first kappa shape index (κ1) is 14.6. The Morgan fingerprint density at radius 1 is 1.28 bits per heavy atom. The molecule has 0 aliphatic heterocycles. The summed E-state index contributed by atoms with van der Waals surface area (Å²) in [7, 11) is 0. The molecule has 0 saturated heterocycles. The van der Waals surface area contributed by atoms with Crippen molar-refractivity contribution in [3.05, 3.63) is 35.1 Å². The van der Waals surface area contributed by atoms with Gasteiger partial charge in [-0.05, 0) is 24.1 Å². The van der Waals surface area contributed by atoms with Crippen LogP contribution in [-0.4, -0.2) is 25.7 Å². The minimum Gasteiger partial charge on any atom is -0.384 e. The Kier molecular flexibility index (Phi) is 6.32. The minimum absolute atomic E-state index is 0.157. The average molecular weight is 254 g/mol. The molecule has 0 radical (unpaired) electrons. The maximum Gasteiger partial charge on any atom is 0.123 e. The molecular weight excluding hydrogens is 235 g/mol. The van der Waals surface area contributed by atoms with Gasteiger partial charge >= 0.3 is 0 Å². The zero-order valence-electron chi connectivity index (χ0n) is 10.5. The van der Waals surface area contributed by atoms with Crippen LogP contribution in [0, 0.1) is 11.2 Å². The van der Waals surface area contributed by atoms with Crippen LogP contribution in [0.25, 0.3) is 0 Å². The van der Waals surface area contributed by atoms with Gasteiger partial charge in [-0.15, -0.1) is 0 Å². The second kappa shape index (κ2) is 7.79. The summed E-state index contributed by atoms with van der Waals surface area (Å²) in [5.74, 6) is -0.564. The van der Waals surface area contributed by atoms with Crippen LogP contribution < -0.4 is 5.73 Å². The van der Waals surface area contributed by atoms with Gasteiger partial charge in [-0.25, -0.2) is 4.39 Å². The van der Waals surface area contributed by atoms with Crippen molar-refractivity contribution in [1.29, 1.82) is 5.41 Å². The van der Waals surface area contributed by atoms with Gasteiger partial charge in [0, 0.05) is 12.2 Å². The SMILES string of the molecule is CCCOCCOCc1ccc(F)cc1C(=N)N.